The minimum absolute atomic E-state index is 0.00884. The van der Waals surface area contributed by atoms with Gasteiger partial charge in [0.25, 0.3) is 0 Å². The highest BCUT2D eigenvalue weighted by Crippen LogP contribution is 2.18. The molecule has 1 atom stereocenters. The molecule has 0 fully saturated rings. The number of aryl methyl sites for hydroxylation is 2. The molecule has 0 aliphatic carbocycles. The summed E-state index contributed by atoms with van der Waals surface area (Å²) in [6.07, 6.45) is 0.374. The van der Waals surface area contributed by atoms with Crippen molar-refractivity contribution in [2.75, 3.05) is 0 Å². The smallest absolute Gasteiger partial charge is 0.225 e. The lowest BCUT2D eigenvalue weighted by atomic mass is 10.0. The molecule has 1 heterocycles. The van der Waals surface area contributed by atoms with Gasteiger partial charge in [0.1, 0.15) is 5.82 Å². The third kappa shape index (κ3) is 3.90. The maximum Gasteiger partial charge on any atom is 0.225 e. The number of rotatable bonds is 5. The van der Waals surface area contributed by atoms with Crippen LogP contribution in [0.25, 0.3) is 0 Å². The summed E-state index contributed by atoms with van der Waals surface area (Å²) < 4.78 is 0. The van der Waals surface area contributed by atoms with Crippen LogP contribution in [0.2, 0.25) is 0 Å². The molecule has 0 aliphatic rings. The van der Waals surface area contributed by atoms with Crippen molar-refractivity contribution in [1.29, 1.82) is 0 Å². The lowest BCUT2D eigenvalue weighted by molar-refractivity contribution is -0.121. The minimum atomic E-state index is -0.175. The van der Waals surface area contributed by atoms with E-state index in [9.17, 15) is 4.79 Å². The van der Waals surface area contributed by atoms with E-state index < -0.39 is 0 Å². The number of benzene rings is 1. The molecule has 5 heteroatoms. The molecule has 112 valence electrons. The van der Waals surface area contributed by atoms with E-state index in [4.69, 9.17) is 0 Å². The number of amides is 1. The van der Waals surface area contributed by atoms with Gasteiger partial charge in [-0.2, -0.15) is 5.10 Å². The Morgan fingerprint density at radius 2 is 2.00 bits per heavy atom. The summed E-state index contributed by atoms with van der Waals surface area (Å²) in [5.74, 6) is 1.61. The van der Waals surface area contributed by atoms with Gasteiger partial charge in [0, 0.05) is 0 Å². The average Bonchev–Trinajstić information content (AvgIpc) is 2.85. The molecule has 0 bridgehead atoms. The van der Waals surface area contributed by atoms with Gasteiger partial charge in [-0.1, -0.05) is 38.1 Å². The van der Waals surface area contributed by atoms with Gasteiger partial charge < -0.3 is 5.32 Å². The number of hydrogen-bond acceptors (Lipinski definition) is 3. The van der Waals surface area contributed by atoms with Crippen LogP contribution in [0.3, 0.4) is 0 Å². The molecular weight excluding hydrogens is 264 g/mol. The first-order chi connectivity index (χ1) is 9.97. The zero-order chi connectivity index (χ0) is 15.4. The van der Waals surface area contributed by atoms with Crippen molar-refractivity contribution in [3.63, 3.8) is 0 Å². The van der Waals surface area contributed by atoms with Gasteiger partial charge >= 0.3 is 0 Å². The fourth-order valence-corrected chi connectivity index (χ4v) is 2.23. The predicted octanol–water partition coefficient (Wildman–Crippen LogP) is 2.48. The van der Waals surface area contributed by atoms with E-state index in [2.05, 4.69) is 20.5 Å². The van der Waals surface area contributed by atoms with Crippen LogP contribution in [-0.2, 0) is 11.2 Å². The van der Waals surface area contributed by atoms with Crippen LogP contribution < -0.4 is 5.32 Å². The molecule has 21 heavy (non-hydrogen) atoms. The van der Waals surface area contributed by atoms with Crippen molar-refractivity contribution >= 4 is 5.91 Å². The van der Waals surface area contributed by atoms with E-state index in [0.29, 0.717) is 12.2 Å². The summed E-state index contributed by atoms with van der Waals surface area (Å²) in [6.45, 7) is 7.96. The first-order valence-corrected chi connectivity index (χ1v) is 7.20. The number of H-pyrrole nitrogens is 1. The van der Waals surface area contributed by atoms with Crippen molar-refractivity contribution in [2.45, 2.75) is 40.2 Å². The minimum Gasteiger partial charge on any atom is -0.345 e. The number of hydrogen-bond donors (Lipinski definition) is 2. The van der Waals surface area contributed by atoms with Crippen molar-refractivity contribution < 1.29 is 4.79 Å². The molecule has 2 rings (SSSR count). The SMILES string of the molecule is Cc1nc(C(NC(=O)Cc2ccccc2C)C(C)C)n[nH]1. The summed E-state index contributed by atoms with van der Waals surface area (Å²) in [5.41, 5.74) is 2.17. The lowest BCUT2D eigenvalue weighted by Crippen LogP contribution is -2.33. The quantitative estimate of drug-likeness (QED) is 0.887. The van der Waals surface area contributed by atoms with Gasteiger partial charge in [0.2, 0.25) is 5.91 Å². The van der Waals surface area contributed by atoms with Crippen molar-refractivity contribution in [1.82, 2.24) is 20.5 Å². The molecule has 0 saturated carbocycles. The Labute approximate surface area is 125 Å². The van der Waals surface area contributed by atoms with Crippen LogP contribution in [0, 0.1) is 19.8 Å². The molecular formula is C16H22N4O. The van der Waals surface area contributed by atoms with E-state index in [1.807, 2.05) is 52.0 Å². The highest BCUT2D eigenvalue weighted by atomic mass is 16.1. The maximum absolute atomic E-state index is 12.3. The van der Waals surface area contributed by atoms with Gasteiger partial charge in [-0.15, -0.1) is 0 Å². The summed E-state index contributed by atoms with van der Waals surface area (Å²) in [4.78, 5) is 16.6. The fourth-order valence-electron chi connectivity index (χ4n) is 2.23. The second kappa shape index (κ2) is 6.52. The van der Waals surface area contributed by atoms with Crippen LogP contribution >= 0.6 is 0 Å². The third-order valence-electron chi connectivity index (χ3n) is 3.49. The molecule has 2 N–H and O–H groups in total. The zero-order valence-corrected chi connectivity index (χ0v) is 13.0. The highest BCUT2D eigenvalue weighted by Gasteiger charge is 2.22. The van der Waals surface area contributed by atoms with Crippen molar-refractivity contribution in [2.24, 2.45) is 5.92 Å². The number of carbonyl (C=O) groups is 1. The summed E-state index contributed by atoms with van der Waals surface area (Å²) in [7, 11) is 0. The fraction of sp³-hybridized carbons (Fsp3) is 0.438. The molecule has 1 amide bonds. The van der Waals surface area contributed by atoms with Gasteiger partial charge in [0.05, 0.1) is 12.5 Å². The predicted molar refractivity (Wildman–Crippen MR) is 81.7 cm³/mol. The van der Waals surface area contributed by atoms with Gasteiger partial charge in [-0.05, 0) is 30.9 Å². The normalized spacial score (nSPS) is 12.4. The lowest BCUT2D eigenvalue weighted by Gasteiger charge is -2.19. The van der Waals surface area contributed by atoms with Gasteiger partial charge in [-0.25, -0.2) is 4.98 Å². The third-order valence-corrected chi connectivity index (χ3v) is 3.49. The van der Waals surface area contributed by atoms with Crippen LogP contribution in [-0.4, -0.2) is 21.1 Å². The van der Waals surface area contributed by atoms with Crippen molar-refractivity contribution in [3.05, 3.63) is 47.0 Å². The maximum atomic E-state index is 12.3. The monoisotopic (exact) mass is 286 g/mol. The molecule has 0 spiro atoms. The van der Waals surface area contributed by atoms with Gasteiger partial charge in [-0.3, -0.25) is 9.89 Å². The van der Waals surface area contributed by atoms with Crippen LogP contribution in [0.5, 0.6) is 0 Å². The Morgan fingerprint density at radius 1 is 1.29 bits per heavy atom. The second-order valence-corrected chi connectivity index (χ2v) is 5.67. The summed E-state index contributed by atoms with van der Waals surface area (Å²) in [6, 6.07) is 7.75. The second-order valence-electron chi connectivity index (χ2n) is 5.67. The Hall–Kier alpha value is -2.17. The molecule has 0 radical (unpaired) electrons. The van der Waals surface area contributed by atoms with Crippen LogP contribution in [0.4, 0.5) is 0 Å². The van der Waals surface area contributed by atoms with E-state index in [1.54, 1.807) is 0 Å². The highest BCUT2D eigenvalue weighted by molar-refractivity contribution is 5.79. The molecule has 0 aliphatic heterocycles. The first-order valence-electron chi connectivity index (χ1n) is 7.20. The van der Waals surface area contributed by atoms with E-state index >= 15 is 0 Å². The number of aromatic amines is 1. The standard InChI is InChI=1S/C16H22N4O/c1-10(2)15(16-17-12(4)19-20-16)18-14(21)9-13-8-6-5-7-11(13)3/h5-8,10,15H,9H2,1-4H3,(H,18,21)(H,17,19,20). The first kappa shape index (κ1) is 15.2. The van der Waals surface area contributed by atoms with E-state index in [1.165, 1.54) is 0 Å². The summed E-state index contributed by atoms with van der Waals surface area (Å²) >= 11 is 0. The Balaban J connectivity index is 2.07. The van der Waals surface area contributed by atoms with Crippen molar-refractivity contribution in [3.8, 4) is 0 Å². The van der Waals surface area contributed by atoms with Crippen LogP contribution in [0.1, 0.15) is 42.7 Å². The molecule has 1 aromatic carbocycles. The number of nitrogens with one attached hydrogen (secondary N) is 2. The molecule has 2 aromatic rings. The van der Waals surface area contributed by atoms with E-state index in [0.717, 1.165) is 17.0 Å². The van der Waals surface area contributed by atoms with Crippen LogP contribution in [0.15, 0.2) is 24.3 Å². The van der Waals surface area contributed by atoms with Gasteiger partial charge in [0.15, 0.2) is 5.82 Å². The Bertz CT molecular complexity index is 618. The largest absolute Gasteiger partial charge is 0.345 e. The number of carbonyl (C=O) groups excluding carboxylic acids is 1. The number of aromatic nitrogens is 3. The Morgan fingerprint density at radius 3 is 2.57 bits per heavy atom. The zero-order valence-electron chi connectivity index (χ0n) is 13.0. The topological polar surface area (TPSA) is 70.7 Å². The Kier molecular flexibility index (Phi) is 4.73. The molecule has 5 nitrogen and oxygen atoms in total. The molecule has 0 saturated heterocycles. The molecule has 1 unspecified atom stereocenters. The summed E-state index contributed by atoms with van der Waals surface area (Å²) in [5, 5.41) is 10.0. The van der Waals surface area contributed by atoms with E-state index in [-0.39, 0.29) is 17.9 Å². The molecule has 1 aromatic heterocycles. The number of nitrogens with zero attached hydrogens (tertiary/aromatic N) is 2. The average molecular weight is 286 g/mol.